The molecule has 0 aliphatic carbocycles. The number of fused-ring (bicyclic) bond motifs is 2. The quantitative estimate of drug-likeness (QED) is 0.131. The first-order valence-corrected chi connectivity index (χ1v) is 19.7. The summed E-state index contributed by atoms with van der Waals surface area (Å²) in [5.41, 5.74) is 0. The molecule has 2 aromatic carbocycles. The Balaban J connectivity index is 1.83. The van der Waals surface area contributed by atoms with E-state index in [0.717, 1.165) is 25.7 Å². The Hall–Kier alpha value is -1.89. The van der Waals surface area contributed by atoms with E-state index in [0.29, 0.717) is 61.7 Å². The van der Waals surface area contributed by atoms with E-state index in [2.05, 4.69) is 13.8 Å². The molecular weight excluding hydrogens is 599 g/mol. The summed E-state index contributed by atoms with van der Waals surface area (Å²) in [4.78, 5) is 0. The number of rotatable bonds is 16. The van der Waals surface area contributed by atoms with Crippen LogP contribution in [0.25, 0.3) is 0 Å². The van der Waals surface area contributed by atoms with Crippen LogP contribution < -0.4 is 20.1 Å². The molecule has 1 aliphatic rings. The van der Waals surface area contributed by atoms with Gasteiger partial charge in [0.05, 0.1) is 55.9 Å². The van der Waals surface area contributed by atoms with Crippen LogP contribution >= 0.6 is 7.37 Å². The number of unbranched alkanes of at least 4 members (excludes halogenated alkanes) is 10. The molecule has 260 valence electrons. The highest BCUT2D eigenvalue weighted by atomic mass is 31.2. The second-order valence-corrected chi connectivity index (χ2v) is 14.6. The van der Waals surface area contributed by atoms with Crippen LogP contribution in [-0.4, -0.2) is 58.5 Å². The molecule has 0 radical (unpaired) electrons. The van der Waals surface area contributed by atoms with E-state index >= 15 is 0 Å². The fourth-order valence-corrected chi connectivity index (χ4v) is 8.17. The third-order valence-electron chi connectivity index (χ3n) is 8.45. The average Bonchev–Trinajstić information content (AvgIpc) is 3.07. The van der Waals surface area contributed by atoms with Gasteiger partial charge in [0.1, 0.15) is 24.7 Å². The number of benzene rings is 2. The highest BCUT2D eigenvalue weighted by molar-refractivity contribution is 7.74. The maximum Gasteiger partial charge on any atom is 0.268 e. The molecule has 1 heterocycles. The first kappa shape index (κ1) is 38.6. The van der Waals surface area contributed by atoms with Gasteiger partial charge < -0.3 is 28.2 Å². The lowest BCUT2D eigenvalue weighted by Crippen LogP contribution is -2.29. The summed E-state index contributed by atoms with van der Waals surface area (Å²) in [5, 5.41) is 1.08. The lowest BCUT2D eigenvalue weighted by atomic mass is 10.1. The zero-order valence-corrected chi connectivity index (χ0v) is 29.8. The smallest absolute Gasteiger partial charge is 0.268 e. The highest BCUT2D eigenvalue weighted by Gasteiger charge is 2.35. The molecule has 2 aromatic rings. The first-order chi connectivity index (χ1) is 22.6. The minimum absolute atomic E-state index is 0.0956. The molecule has 0 unspecified atom stereocenters. The lowest BCUT2D eigenvalue weighted by molar-refractivity contribution is -0.0445. The highest BCUT2D eigenvalue weighted by Crippen LogP contribution is 2.49. The van der Waals surface area contributed by atoms with Gasteiger partial charge >= 0.3 is 0 Å². The second-order valence-electron chi connectivity index (χ2n) is 12.2. The Morgan fingerprint density at radius 3 is 1.50 bits per heavy atom. The molecule has 2 atom stereocenters. The van der Waals surface area contributed by atoms with Crippen LogP contribution in [0.4, 0.5) is 0 Å². The van der Waals surface area contributed by atoms with Crippen LogP contribution in [-0.2, 0) is 23.3 Å². The van der Waals surface area contributed by atoms with Crippen LogP contribution in [0, 0.1) is 0 Å². The Morgan fingerprint density at radius 1 is 0.609 bits per heavy atom. The zero-order valence-electron chi connectivity index (χ0n) is 28.9. The van der Waals surface area contributed by atoms with E-state index < -0.39 is 7.37 Å². The molecule has 0 N–H and O–H groups in total. The van der Waals surface area contributed by atoms with Gasteiger partial charge in [-0.05, 0) is 44.0 Å². The molecule has 0 saturated carbocycles. The number of ether oxygens (including phenoxy) is 5. The van der Waals surface area contributed by atoms with Gasteiger partial charge in [-0.2, -0.15) is 0 Å². The van der Waals surface area contributed by atoms with Crippen LogP contribution in [0.2, 0.25) is 0 Å². The predicted molar refractivity (Wildman–Crippen MR) is 189 cm³/mol. The van der Waals surface area contributed by atoms with Gasteiger partial charge in [0, 0.05) is 0 Å². The summed E-state index contributed by atoms with van der Waals surface area (Å²) in [6.45, 7) is 9.33. The minimum Gasteiger partial charge on any atom is -0.490 e. The number of hydrogen-bond donors (Lipinski definition) is 0. The van der Waals surface area contributed by atoms with Gasteiger partial charge in [0.2, 0.25) is 0 Å². The van der Waals surface area contributed by atoms with Crippen molar-refractivity contribution in [2.75, 3.05) is 46.2 Å². The van der Waals surface area contributed by atoms with Crippen molar-refractivity contribution in [2.24, 2.45) is 0 Å². The van der Waals surface area contributed by atoms with Crippen molar-refractivity contribution in [3.63, 3.8) is 0 Å². The molecule has 7 nitrogen and oxygen atoms in total. The van der Waals surface area contributed by atoms with Gasteiger partial charge in [0.25, 0.3) is 7.37 Å². The monoisotopic (exact) mass is 660 g/mol. The summed E-state index contributed by atoms with van der Waals surface area (Å²) in [5.74, 6) is 1.10. The van der Waals surface area contributed by atoms with Gasteiger partial charge in [-0.15, -0.1) is 0 Å². The van der Waals surface area contributed by atoms with E-state index in [1.165, 1.54) is 64.2 Å². The summed E-state index contributed by atoms with van der Waals surface area (Å²) in [6.07, 6.45) is 16.2. The van der Waals surface area contributed by atoms with Crippen molar-refractivity contribution in [3.05, 3.63) is 48.5 Å². The van der Waals surface area contributed by atoms with Crippen molar-refractivity contribution < 1.29 is 32.8 Å². The molecule has 0 fully saturated rings. The third-order valence-corrected chi connectivity index (χ3v) is 11.1. The van der Waals surface area contributed by atoms with Crippen LogP contribution in [0.5, 0.6) is 11.5 Å². The van der Waals surface area contributed by atoms with E-state index in [1.807, 2.05) is 55.5 Å². The Morgan fingerprint density at radius 2 is 1.04 bits per heavy atom. The summed E-state index contributed by atoms with van der Waals surface area (Å²) >= 11 is 0. The molecule has 0 saturated heterocycles. The normalized spacial score (nSPS) is 19.5. The maximum absolute atomic E-state index is 15.0. The topological polar surface area (TPSA) is 72.5 Å². The molecule has 46 heavy (non-hydrogen) atoms. The van der Waals surface area contributed by atoms with Crippen LogP contribution in [0.15, 0.2) is 48.5 Å². The minimum atomic E-state index is -3.57. The van der Waals surface area contributed by atoms with E-state index in [9.17, 15) is 4.57 Å². The van der Waals surface area contributed by atoms with Crippen LogP contribution in [0.3, 0.4) is 0 Å². The molecule has 0 amide bonds. The predicted octanol–water partition coefficient (Wildman–Crippen LogP) is 9.01. The molecule has 0 spiro atoms. The number of hydrogen-bond acceptors (Lipinski definition) is 7. The largest absolute Gasteiger partial charge is 0.490 e. The fraction of sp³-hybridized carbons (Fsp3) is 0.684. The van der Waals surface area contributed by atoms with Gasteiger partial charge in [-0.25, -0.2) is 0 Å². The van der Waals surface area contributed by atoms with Crippen molar-refractivity contribution in [1.29, 1.82) is 0 Å². The molecule has 0 bridgehead atoms. The zero-order chi connectivity index (χ0) is 32.7. The van der Waals surface area contributed by atoms with Crippen molar-refractivity contribution in [3.8, 4) is 11.5 Å². The van der Waals surface area contributed by atoms with Gasteiger partial charge in [0.15, 0.2) is 0 Å². The fourth-order valence-electron chi connectivity index (χ4n) is 5.84. The van der Waals surface area contributed by atoms with E-state index in [1.54, 1.807) is 0 Å². The second kappa shape index (κ2) is 23.4. The van der Waals surface area contributed by atoms with Gasteiger partial charge in [-0.1, -0.05) is 115 Å². The van der Waals surface area contributed by atoms with Gasteiger partial charge in [-0.3, -0.25) is 4.57 Å². The van der Waals surface area contributed by atoms with Crippen molar-refractivity contribution in [2.45, 2.75) is 123 Å². The Bertz CT molecular complexity index is 1030. The SMILES string of the molecule is CCCCCCCC[C@H]1COc2ccccc2P(=O)(OCC)c2ccccc2OC[C@H](CCCCCCCC)OCCOCCO1. The third kappa shape index (κ3) is 13.7. The molecule has 0 aromatic heterocycles. The first-order valence-electron chi connectivity index (χ1n) is 18.1. The van der Waals surface area contributed by atoms with E-state index in [4.69, 9.17) is 28.2 Å². The lowest BCUT2D eigenvalue weighted by Gasteiger charge is -2.26. The molecule has 1 aliphatic heterocycles. The summed E-state index contributed by atoms with van der Waals surface area (Å²) in [7, 11) is -3.57. The number of para-hydroxylation sites is 2. The van der Waals surface area contributed by atoms with Crippen molar-refractivity contribution in [1.82, 2.24) is 0 Å². The molecular formula is C38H61O7P. The standard InChI is InChI=1S/C38H61O7P/c1-4-7-9-11-13-15-21-33-31-43-35-23-17-19-25-37(35)46(39,45-6-3)38-26-20-18-24-36(38)44-32-34(22-16-14-12-10-8-5-2)42-30-28-40-27-29-41-33/h17-20,23-26,33-34H,4-16,21-22,27-32H2,1-3H3/t33-,34-/m0/s1. The Labute approximate surface area is 279 Å². The molecule has 8 heteroatoms. The summed E-state index contributed by atoms with van der Waals surface area (Å²) < 4.78 is 52.5. The maximum atomic E-state index is 15.0. The van der Waals surface area contributed by atoms with E-state index in [-0.39, 0.29) is 18.8 Å². The molecule has 3 rings (SSSR count). The summed E-state index contributed by atoms with van der Waals surface area (Å²) in [6, 6.07) is 15.0. The average molecular weight is 661 g/mol. The van der Waals surface area contributed by atoms with Crippen LogP contribution in [0.1, 0.15) is 111 Å². The Kier molecular flexibility index (Phi) is 19.6. The van der Waals surface area contributed by atoms with Crippen molar-refractivity contribution >= 4 is 18.0 Å².